The first-order chi connectivity index (χ1) is 12.0. The third-order valence-corrected chi connectivity index (χ3v) is 3.61. The number of nitrogens with zero attached hydrogens (tertiary/aromatic N) is 1. The average Bonchev–Trinajstić information content (AvgIpc) is 2.52. The molecule has 0 spiro atoms. The Bertz CT molecular complexity index is 624. The van der Waals surface area contributed by atoms with Gasteiger partial charge in [0.25, 0.3) is 0 Å². The van der Waals surface area contributed by atoms with Crippen LogP contribution in [0.25, 0.3) is 0 Å². The van der Waals surface area contributed by atoms with Crippen LogP contribution >= 0.6 is 0 Å². The van der Waals surface area contributed by atoms with Gasteiger partial charge in [-0.25, -0.2) is 9.18 Å². The Morgan fingerprint density at radius 2 is 1.69 bits per heavy atom. The maximum Gasteiger partial charge on any atom is 0.407 e. The Morgan fingerprint density at radius 3 is 2.27 bits per heavy atom. The SMILES string of the molecule is CN=C(NCCNC(=O)OC(C)(C)C)NCC(C)(C)c1ccccc1F. The zero-order chi connectivity index (χ0) is 19.8. The number of hydrogen-bond acceptors (Lipinski definition) is 3. The van der Waals surface area contributed by atoms with Gasteiger partial charge in [0.2, 0.25) is 0 Å². The van der Waals surface area contributed by atoms with Crippen LogP contribution in [0, 0.1) is 5.82 Å². The second-order valence-corrected chi connectivity index (χ2v) is 7.64. The molecule has 0 saturated carbocycles. The number of ether oxygens (including phenoxy) is 1. The molecule has 6 nitrogen and oxygen atoms in total. The molecule has 0 atom stereocenters. The molecule has 0 aliphatic rings. The van der Waals surface area contributed by atoms with Gasteiger partial charge in [-0.15, -0.1) is 0 Å². The zero-order valence-electron chi connectivity index (χ0n) is 16.6. The van der Waals surface area contributed by atoms with Gasteiger partial charge in [-0.3, -0.25) is 4.99 Å². The van der Waals surface area contributed by atoms with Gasteiger partial charge in [-0.05, 0) is 32.4 Å². The van der Waals surface area contributed by atoms with Crippen LogP contribution in [0.1, 0.15) is 40.2 Å². The molecule has 1 rings (SSSR count). The lowest BCUT2D eigenvalue weighted by Crippen LogP contribution is -2.46. The quantitative estimate of drug-likeness (QED) is 0.411. The van der Waals surface area contributed by atoms with Crippen LogP contribution in [0.2, 0.25) is 0 Å². The summed E-state index contributed by atoms with van der Waals surface area (Å²) in [5.74, 6) is 0.365. The maximum absolute atomic E-state index is 14.0. The Kier molecular flexibility index (Phi) is 7.86. The minimum absolute atomic E-state index is 0.219. The van der Waals surface area contributed by atoms with Crippen molar-refractivity contribution in [1.29, 1.82) is 0 Å². The first-order valence-electron chi connectivity index (χ1n) is 8.71. The van der Waals surface area contributed by atoms with Crippen LogP contribution in [0.4, 0.5) is 9.18 Å². The van der Waals surface area contributed by atoms with Gasteiger partial charge in [0.1, 0.15) is 11.4 Å². The molecule has 0 radical (unpaired) electrons. The number of benzene rings is 1. The number of hydrogen-bond donors (Lipinski definition) is 3. The average molecular weight is 366 g/mol. The van der Waals surface area contributed by atoms with E-state index in [0.29, 0.717) is 31.2 Å². The molecule has 0 bridgehead atoms. The monoisotopic (exact) mass is 366 g/mol. The van der Waals surface area contributed by atoms with Crippen molar-refractivity contribution in [2.75, 3.05) is 26.7 Å². The second-order valence-electron chi connectivity index (χ2n) is 7.64. The van der Waals surface area contributed by atoms with Crippen LogP contribution in [-0.4, -0.2) is 44.3 Å². The van der Waals surface area contributed by atoms with E-state index in [1.165, 1.54) is 6.07 Å². The maximum atomic E-state index is 14.0. The number of aliphatic imine (C=N–C) groups is 1. The van der Waals surface area contributed by atoms with E-state index in [2.05, 4.69) is 20.9 Å². The number of rotatable bonds is 6. The highest BCUT2D eigenvalue weighted by atomic mass is 19.1. The zero-order valence-corrected chi connectivity index (χ0v) is 16.6. The van der Waals surface area contributed by atoms with E-state index in [0.717, 1.165) is 0 Å². The van der Waals surface area contributed by atoms with Gasteiger partial charge in [0.15, 0.2) is 5.96 Å². The molecule has 146 valence electrons. The molecule has 26 heavy (non-hydrogen) atoms. The van der Waals surface area contributed by atoms with E-state index >= 15 is 0 Å². The van der Waals surface area contributed by atoms with E-state index in [1.807, 2.05) is 40.7 Å². The van der Waals surface area contributed by atoms with E-state index in [1.54, 1.807) is 19.2 Å². The number of carbonyl (C=O) groups is 1. The van der Waals surface area contributed by atoms with Crippen molar-refractivity contribution in [1.82, 2.24) is 16.0 Å². The fourth-order valence-corrected chi connectivity index (χ4v) is 2.29. The van der Waals surface area contributed by atoms with Crippen molar-refractivity contribution in [3.05, 3.63) is 35.6 Å². The topological polar surface area (TPSA) is 74.8 Å². The van der Waals surface area contributed by atoms with Gasteiger partial charge < -0.3 is 20.7 Å². The summed E-state index contributed by atoms with van der Waals surface area (Å²) in [5.41, 5.74) is -0.278. The summed E-state index contributed by atoms with van der Waals surface area (Å²) in [6.07, 6.45) is -0.456. The van der Waals surface area contributed by atoms with Crippen LogP contribution < -0.4 is 16.0 Å². The third-order valence-electron chi connectivity index (χ3n) is 3.61. The third kappa shape index (κ3) is 7.72. The molecular formula is C19H31FN4O2. The summed E-state index contributed by atoms with van der Waals surface area (Å²) in [5, 5.41) is 8.96. The number of alkyl carbamates (subject to hydrolysis) is 1. The molecule has 0 aliphatic carbocycles. The fraction of sp³-hybridized carbons (Fsp3) is 0.579. The molecule has 0 fully saturated rings. The number of carbonyl (C=O) groups excluding carboxylic acids is 1. The summed E-state index contributed by atoms with van der Waals surface area (Å²) >= 11 is 0. The minimum Gasteiger partial charge on any atom is -0.444 e. The van der Waals surface area contributed by atoms with Crippen LogP contribution in [0.5, 0.6) is 0 Å². The van der Waals surface area contributed by atoms with Crippen molar-refractivity contribution in [2.45, 2.75) is 45.6 Å². The van der Waals surface area contributed by atoms with E-state index < -0.39 is 17.1 Å². The molecule has 3 N–H and O–H groups in total. The standard InChI is InChI=1S/C19H31FN4O2/c1-18(2,3)26-17(25)23-12-11-22-16(21-6)24-13-19(4,5)14-9-7-8-10-15(14)20/h7-10H,11-13H2,1-6H3,(H,23,25)(H2,21,22,24). The highest BCUT2D eigenvalue weighted by Gasteiger charge is 2.24. The Morgan fingerprint density at radius 1 is 1.08 bits per heavy atom. The highest BCUT2D eigenvalue weighted by molar-refractivity contribution is 5.79. The van der Waals surface area contributed by atoms with Crippen molar-refractivity contribution >= 4 is 12.1 Å². The molecule has 0 aromatic heterocycles. The number of nitrogens with one attached hydrogen (secondary N) is 3. The summed E-state index contributed by atoms with van der Waals surface area (Å²) in [4.78, 5) is 15.7. The molecule has 0 aliphatic heterocycles. The van der Waals surface area contributed by atoms with Gasteiger partial charge in [-0.1, -0.05) is 32.0 Å². The largest absolute Gasteiger partial charge is 0.444 e. The summed E-state index contributed by atoms with van der Waals surface area (Å²) < 4.78 is 19.2. The van der Waals surface area contributed by atoms with Gasteiger partial charge in [-0.2, -0.15) is 0 Å². The Hall–Kier alpha value is -2.31. The molecule has 1 amide bonds. The first-order valence-corrected chi connectivity index (χ1v) is 8.71. The minimum atomic E-state index is -0.520. The van der Waals surface area contributed by atoms with E-state index in [9.17, 15) is 9.18 Å². The predicted molar refractivity (Wildman–Crippen MR) is 103 cm³/mol. The Balaban J connectivity index is 2.42. The lowest BCUT2D eigenvalue weighted by molar-refractivity contribution is 0.0529. The van der Waals surface area contributed by atoms with E-state index in [-0.39, 0.29) is 5.82 Å². The van der Waals surface area contributed by atoms with Crippen molar-refractivity contribution in [3.63, 3.8) is 0 Å². The predicted octanol–water partition coefficient (Wildman–Crippen LogP) is 2.79. The summed E-state index contributed by atoms with van der Waals surface area (Å²) in [6, 6.07) is 6.76. The Labute approximate surface area is 155 Å². The van der Waals surface area contributed by atoms with Crippen LogP contribution in [-0.2, 0) is 10.2 Å². The molecule has 7 heteroatoms. The lowest BCUT2D eigenvalue weighted by Gasteiger charge is -2.27. The van der Waals surface area contributed by atoms with Gasteiger partial charge in [0.05, 0.1) is 0 Å². The molecule has 1 aromatic rings. The van der Waals surface area contributed by atoms with Crippen molar-refractivity contribution < 1.29 is 13.9 Å². The molecule has 0 heterocycles. The number of guanidine groups is 1. The first kappa shape index (κ1) is 21.7. The fourth-order valence-electron chi connectivity index (χ4n) is 2.29. The molecule has 1 aromatic carbocycles. The van der Waals surface area contributed by atoms with Crippen molar-refractivity contribution in [3.8, 4) is 0 Å². The molecule has 0 saturated heterocycles. The summed E-state index contributed by atoms with van der Waals surface area (Å²) in [7, 11) is 1.66. The second kappa shape index (κ2) is 9.40. The van der Waals surface area contributed by atoms with Crippen molar-refractivity contribution in [2.24, 2.45) is 4.99 Å². The number of amides is 1. The highest BCUT2D eigenvalue weighted by Crippen LogP contribution is 2.24. The van der Waals surface area contributed by atoms with Crippen LogP contribution in [0.3, 0.4) is 0 Å². The lowest BCUT2D eigenvalue weighted by atomic mass is 9.84. The van der Waals surface area contributed by atoms with Gasteiger partial charge >= 0.3 is 6.09 Å². The smallest absolute Gasteiger partial charge is 0.407 e. The number of halogens is 1. The molecular weight excluding hydrogens is 335 g/mol. The molecule has 0 unspecified atom stereocenters. The normalized spacial score (nSPS) is 12.5. The van der Waals surface area contributed by atoms with Gasteiger partial charge in [0, 0.05) is 32.1 Å². The summed E-state index contributed by atoms with van der Waals surface area (Å²) in [6.45, 7) is 10.8. The van der Waals surface area contributed by atoms with Crippen LogP contribution in [0.15, 0.2) is 29.3 Å². The van der Waals surface area contributed by atoms with E-state index in [4.69, 9.17) is 4.74 Å².